The summed E-state index contributed by atoms with van der Waals surface area (Å²) in [5, 5.41) is 0. The maximum Gasteiger partial charge on any atom is 0.0470 e. The van der Waals surface area contributed by atoms with Crippen LogP contribution in [0.2, 0.25) is 0 Å². The van der Waals surface area contributed by atoms with E-state index in [0.29, 0.717) is 5.92 Å². The summed E-state index contributed by atoms with van der Waals surface area (Å²) in [6, 6.07) is 10.3. The summed E-state index contributed by atoms with van der Waals surface area (Å²) < 4.78 is 0. The van der Waals surface area contributed by atoms with Gasteiger partial charge in [0.15, 0.2) is 0 Å². The molecule has 82 valence electrons. The minimum atomic E-state index is -0.266. The molecule has 0 amide bonds. The van der Waals surface area contributed by atoms with Crippen LogP contribution in [0.4, 0.5) is 0 Å². The molecule has 2 atom stereocenters. The summed E-state index contributed by atoms with van der Waals surface area (Å²) in [4.78, 5) is 0. The Bertz CT molecular complexity index is 304. The number of benzene rings is 1. The Morgan fingerprint density at radius 1 is 1.40 bits per heavy atom. The van der Waals surface area contributed by atoms with Gasteiger partial charge in [0.2, 0.25) is 0 Å². The smallest absolute Gasteiger partial charge is 0.0470 e. The van der Waals surface area contributed by atoms with Gasteiger partial charge in [-0.1, -0.05) is 56.7 Å². The highest BCUT2D eigenvalue weighted by Crippen LogP contribution is 2.32. The molecule has 0 aliphatic carbocycles. The number of nitrogens with two attached hydrogens (primary N) is 1. The predicted octanol–water partition coefficient (Wildman–Crippen LogP) is 3.46. The van der Waals surface area contributed by atoms with E-state index in [2.05, 4.69) is 32.6 Å². The van der Waals surface area contributed by atoms with Gasteiger partial charge in [-0.3, -0.25) is 0 Å². The lowest BCUT2D eigenvalue weighted by atomic mass is 9.77. The number of hydrogen-bond acceptors (Lipinski definition) is 1. The number of hydrogen-bond donors (Lipinski definition) is 1. The molecule has 0 aliphatic rings. The molecule has 1 nitrogen and oxygen atoms in total. The quantitative estimate of drug-likeness (QED) is 0.729. The van der Waals surface area contributed by atoms with E-state index in [9.17, 15) is 0 Å². The van der Waals surface area contributed by atoms with Gasteiger partial charge in [-0.2, -0.15) is 0 Å². The minimum absolute atomic E-state index is 0.266. The monoisotopic (exact) mass is 203 g/mol. The van der Waals surface area contributed by atoms with Gasteiger partial charge in [-0.05, 0) is 17.9 Å². The van der Waals surface area contributed by atoms with E-state index in [1.807, 2.05) is 24.3 Å². The number of rotatable bonds is 5. The summed E-state index contributed by atoms with van der Waals surface area (Å²) in [5.74, 6) is 0.292. The average Bonchev–Trinajstić information content (AvgIpc) is 2.29. The van der Waals surface area contributed by atoms with Crippen LogP contribution < -0.4 is 5.73 Å². The van der Waals surface area contributed by atoms with Gasteiger partial charge in [-0.15, -0.1) is 6.58 Å². The van der Waals surface area contributed by atoms with Crippen molar-refractivity contribution in [1.82, 2.24) is 0 Å². The fourth-order valence-corrected chi connectivity index (χ4v) is 2.01. The van der Waals surface area contributed by atoms with Gasteiger partial charge in [-0.25, -0.2) is 0 Å². The van der Waals surface area contributed by atoms with Crippen molar-refractivity contribution < 1.29 is 0 Å². The Balaban J connectivity index is 3.06. The zero-order valence-electron chi connectivity index (χ0n) is 9.74. The predicted molar refractivity (Wildman–Crippen MR) is 66.6 cm³/mol. The topological polar surface area (TPSA) is 26.0 Å². The minimum Gasteiger partial charge on any atom is -0.321 e. The van der Waals surface area contributed by atoms with Crippen LogP contribution in [0.5, 0.6) is 0 Å². The molecule has 0 fully saturated rings. The van der Waals surface area contributed by atoms with Crippen LogP contribution in [0, 0.1) is 5.92 Å². The standard InChI is InChI=1S/C14H21N/c1-4-11-14(15,12(3)5-2)13-9-7-6-8-10-13/h5-10,12H,2,4,11,15H2,1,3H3/t12-,14-/m1/s1. The molecule has 1 aromatic rings. The molecule has 1 aromatic carbocycles. The summed E-state index contributed by atoms with van der Waals surface area (Å²) in [6.45, 7) is 8.16. The molecule has 1 heteroatoms. The van der Waals surface area contributed by atoms with Crippen LogP contribution in [-0.4, -0.2) is 0 Å². The maximum atomic E-state index is 6.51. The zero-order valence-corrected chi connectivity index (χ0v) is 9.74. The van der Waals surface area contributed by atoms with Crippen molar-refractivity contribution in [2.75, 3.05) is 0 Å². The molecule has 2 N–H and O–H groups in total. The molecule has 0 spiro atoms. The molecular formula is C14H21N. The molecule has 15 heavy (non-hydrogen) atoms. The fraction of sp³-hybridized carbons (Fsp3) is 0.429. The molecule has 1 rings (SSSR count). The van der Waals surface area contributed by atoms with Crippen molar-refractivity contribution >= 4 is 0 Å². The van der Waals surface area contributed by atoms with E-state index >= 15 is 0 Å². The molecular weight excluding hydrogens is 182 g/mol. The van der Waals surface area contributed by atoms with E-state index in [1.54, 1.807) is 0 Å². The molecule has 0 saturated heterocycles. The fourth-order valence-electron chi connectivity index (χ4n) is 2.01. The molecule has 0 aromatic heterocycles. The van der Waals surface area contributed by atoms with Gasteiger partial charge < -0.3 is 5.73 Å². The summed E-state index contributed by atoms with van der Waals surface area (Å²) in [6.07, 6.45) is 4.02. The average molecular weight is 203 g/mol. The lowest BCUT2D eigenvalue weighted by Gasteiger charge is -2.34. The third-order valence-electron chi connectivity index (χ3n) is 3.14. The first-order chi connectivity index (χ1) is 7.15. The third kappa shape index (κ3) is 2.48. The Morgan fingerprint density at radius 2 is 2.00 bits per heavy atom. The SMILES string of the molecule is C=C[C@@H](C)[C@](N)(CCC)c1ccccc1. The van der Waals surface area contributed by atoms with Crippen LogP contribution in [-0.2, 0) is 5.54 Å². The van der Waals surface area contributed by atoms with Crippen LogP contribution in [0.25, 0.3) is 0 Å². The van der Waals surface area contributed by atoms with Crippen molar-refractivity contribution in [1.29, 1.82) is 0 Å². The largest absolute Gasteiger partial charge is 0.321 e. The molecule has 0 unspecified atom stereocenters. The normalized spacial score (nSPS) is 16.7. The van der Waals surface area contributed by atoms with E-state index in [-0.39, 0.29) is 5.54 Å². The van der Waals surface area contributed by atoms with Crippen LogP contribution in [0.1, 0.15) is 32.3 Å². The lowest BCUT2D eigenvalue weighted by Crippen LogP contribution is -2.42. The Morgan fingerprint density at radius 3 is 2.47 bits per heavy atom. The first-order valence-corrected chi connectivity index (χ1v) is 5.62. The second kappa shape index (κ2) is 5.13. The Kier molecular flexibility index (Phi) is 4.10. The highest BCUT2D eigenvalue weighted by atomic mass is 14.8. The van der Waals surface area contributed by atoms with Crippen LogP contribution >= 0.6 is 0 Å². The van der Waals surface area contributed by atoms with Crippen molar-refractivity contribution in [2.45, 2.75) is 32.2 Å². The first-order valence-electron chi connectivity index (χ1n) is 5.62. The molecule has 0 aliphatic heterocycles. The Labute approximate surface area is 93.0 Å². The zero-order chi connectivity index (χ0) is 11.3. The highest BCUT2D eigenvalue weighted by Gasteiger charge is 2.30. The van der Waals surface area contributed by atoms with Gasteiger partial charge in [0.05, 0.1) is 0 Å². The summed E-state index contributed by atoms with van der Waals surface area (Å²) >= 11 is 0. The molecule has 0 saturated carbocycles. The van der Waals surface area contributed by atoms with Crippen molar-refractivity contribution in [2.24, 2.45) is 11.7 Å². The Hall–Kier alpha value is -1.08. The molecule has 0 radical (unpaired) electrons. The van der Waals surface area contributed by atoms with Crippen LogP contribution in [0.15, 0.2) is 43.0 Å². The third-order valence-corrected chi connectivity index (χ3v) is 3.14. The van der Waals surface area contributed by atoms with Gasteiger partial charge in [0, 0.05) is 5.54 Å². The summed E-state index contributed by atoms with van der Waals surface area (Å²) in [5.41, 5.74) is 7.45. The summed E-state index contributed by atoms with van der Waals surface area (Å²) in [7, 11) is 0. The van der Waals surface area contributed by atoms with E-state index in [0.717, 1.165) is 12.8 Å². The van der Waals surface area contributed by atoms with Gasteiger partial charge >= 0.3 is 0 Å². The molecule has 0 heterocycles. The lowest BCUT2D eigenvalue weighted by molar-refractivity contribution is 0.319. The first kappa shape index (κ1) is 12.0. The van der Waals surface area contributed by atoms with E-state index in [4.69, 9.17) is 5.73 Å². The van der Waals surface area contributed by atoms with Crippen molar-refractivity contribution in [3.05, 3.63) is 48.6 Å². The van der Waals surface area contributed by atoms with E-state index in [1.165, 1.54) is 5.56 Å². The van der Waals surface area contributed by atoms with Crippen molar-refractivity contribution in [3.8, 4) is 0 Å². The van der Waals surface area contributed by atoms with Crippen LogP contribution in [0.3, 0.4) is 0 Å². The highest BCUT2D eigenvalue weighted by molar-refractivity contribution is 5.26. The van der Waals surface area contributed by atoms with Gasteiger partial charge in [0.25, 0.3) is 0 Å². The second-order valence-corrected chi connectivity index (χ2v) is 4.18. The second-order valence-electron chi connectivity index (χ2n) is 4.18. The van der Waals surface area contributed by atoms with Crippen molar-refractivity contribution in [3.63, 3.8) is 0 Å². The van der Waals surface area contributed by atoms with Gasteiger partial charge in [0.1, 0.15) is 0 Å². The maximum absolute atomic E-state index is 6.51. The van der Waals surface area contributed by atoms with E-state index < -0.39 is 0 Å². The molecule has 0 bridgehead atoms.